The fraction of sp³-hybridized carbons (Fsp3) is 0.278. The van der Waals surface area contributed by atoms with Crippen molar-refractivity contribution in [3.8, 4) is 12.5 Å². The van der Waals surface area contributed by atoms with Crippen LogP contribution in [-0.2, 0) is 24.5 Å². The van der Waals surface area contributed by atoms with Crippen molar-refractivity contribution in [2.24, 2.45) is 16.0 Å². The summed E-state index contributed by atoms with van der Waals surface area (Å²) in [6.07, 6.45) is 3.50. The lowest BCUT2D eigenvalue weighted by atomic mass is 9.95. The Morgan fingerprint density at radius 2 is 2.06 bits per heavy atom. The largest absolute Gasteiger partial charge is 0.370 e. The molecule has 0 saturated heterocycles. The molecule has 33 heavy (non-hydrogen) atoms. The van der Waals surface area contributed by atoms with Crippen LogP contribution in [0, 0.1) is 12.5 Å². The number of nitrogens with two attached hydrogens (primary N) is 1. The number of nitrogens with zero attached hydrogens (tertiary/aromatic N) is 3. The number of aliphatic hydroxyl groups is 1. The van der Waals surface area contributed by atoms with E-state index in [0.29, 0.717) is 10.2 Å². The average molecular weight is 607 g/mol. The first-order chi connectivity index (χ1) is 15.3. The van der Waals surface area contributed by atoms with Crippen molar-refractivity contribution in [3.63, 3.8) is 0 Å². The standard InChI is InChI=1S/C18H17Br2N5O7S/c1-3-25-17(28)13(15(21)26)8(2)14(18(25)29)24-23-11-6-9(22-16(27)10(20)7-19)4-5-12(11)33(30,31)32/h1,4-6,10,14,18,29H,7H2,2H3,(H2,21,26)(H,22,27)(H,30,31,32). The van der Waals surface area contributed by atoms with E-state index < -0.39 is 61.1 Å². The molecule has 1 aromatic rings. The van der Waals surface area contributed by atoms with Crippen molar-refractivity contribution in [3.05, 3.63) is 29.3 Å². The van der Waals surface area contributed by atoms with E-state index in [-0.39, 0.29) is 11.3 Å². The summed E-state index contributed by atoms with van der Waals surface area (Å²) in [4.78, 5) is 35.3. The Morgan fingerprint density at radius 3 is 2.58 bits per heavy atom. The highest BCUT2D eigenvalue weighted by atomic mass is 79.9. The van der Waals surface area contributed by atoms with Gasteiger partial charge in [-0.25, -0.2) is 4.90 Å². The minimum absolute atomic E-state index is 0.0486. The van der Waals surface area contributed by atoms with Crippen LogP contribution >= 0.6 is 31.9 Å². The number of rotatable bonds is 7. The molecule has 1 aliphatic heterocycles. The van der Waals surface area contributed by atoms with Crippen molar-refractivity contribution in [1.29, 1.82) is 0 Å². The number of benzene rings is 1. The molecule has 1 aromatic carbocycles. The van der Waals surface area contributed by atoms with E-state index >= 15 is 0 Å². The molecule has 0 aliphatic carbocycles. The zero-order valence-corrected chi connectivity index (χ0v) is 20.8. The van der Waals surface area contributed by atoms with Gasteiger partial charge in [0, 0.05) is 17.1 Å². The number of terminal acetylenes is 1. The molecule has 3 atom stereocenters. The lowest BCUT2D eigenvalue weighted by Gasteiger charge is -2.32. The van der Waals surface area contributed by atoms with Crippen LogP contribution in [0.1, 0.15) is 6.92 Å². The van der Waals surface area contributed by atoms with Crippen LogP contribution in [0.2, 0.25) is 0 Å². The number of hydrogen-bond acceptors (Lipinski definition) is 8. The summed E-state index contributed by atoms with van der Waals surface area (Å²) in [6, 6.07) is 3.86. The van der Waals surface area contributed by atoms with Crippen LogP contribution in [0.15, 0.2) is 44.5 Å². The van der Waals surface area contributed by atoms with E-state index in [1.54, 1.807) is 0 Å². The summed E-state index contributed by atoms with van der Waals surface area (Å²) in [5, 5.41) is 20.9. The lowest BCUT2D eigenvalue weighted by molar-refractivity contribution is -0.135. The Balaban J connectivity index is 2.57. The second-order valence-electron chi connectivity index (χ2n) is 6.57. The summed E-state index contributed by atoms with van der Waals surface area (Å²) >= 11 is 6.27. The third kappa shape index (κ3) is 5.84. The van der Waals surface area contributed by atoms with Crippen molar-refractivity contribution in [2.45, 2.75) is 28.9 Å². The first kappa shape index (κ1) is 26.6. The number of primary amides is 1. The molecule has 0 spiro atoms. The highest BCUT2D eigenvalue weighted by molar-refractivity contribution is 9.12. The smallest absolute Gasteiger partial charge is 0.296 e. The zero-order chi connectivity index (χ0) is 25.1. The first-order valence-electron chi connectivity index (χ1n) is 8.85. The third-order valence-corrected chi connectivity index (χ3v) is 7.57. The van der Waals surface area contributed by atoms with Crippen LogP contribution in [0.25, 0.3) is 0 Å². The van der Waals surface area contributed by atoms with Gasteiger partial charge in [0.1, 0.15) is 27.0 Å². The van der Waals surface area contributed by atoms with Gasteiger partial charge in [0.25, 0.3) is 21.9 Å². The second kappa shape index (κ2) is 10.5. The SMILES string of the molecule is C#CN1C(=O)C(C(N)=O)=C(C)C(N=Nc2cc(NC(=O)C(Br)CBr)ccc2S(=O)(=O)O)C1O. The molecule has 15 heteroatoms. The summed E-state index contributed by atoms with van der Waals surface area (Å²) in [7, 11) is -4.76. The molecule has 2 rings (SSSR count). The summed E-state index contributed by atoms with van der Waals surface area (Å²) in [5.74, 6) is -2.56. The maximum atomic E-state index is 12.3. The fourth-order valence-electron chi connectivity index (χ4n) is 2.81. The first-order valence-corrected chi connectivity index (χ1v) is 12.3. The maximum Gasteiger partial charge on any atom is 0.296 e. The number of halogens is 2. The normalized spacial score (nSPS) is 20.0. The Kier molecular flexibility index (Phi) is 8.49. The highest BCUT2D eigenvalue weighted by Gasteiger charge is 2.41. The van der Waals surface area contributed by atoms with Gasteiger partial charge in [0.2, 0.25) is 5.91 Å². The summed E-state index contributed by atoms with van der Waals surface area (Å²) < 4.78 is 33.0. The Hall–Kier alpha value is -2.64. The number of carbonyl (C=O) groups excluding carboxylic acids is 3. The van der Waals surface area contributed by atoms with Gasteiger partial charge in [0.05, 0.1) is 0 Å². The molecule has 5 N–H and O–H groups in total. The highest BCUT2D eigenvalue weighted by Crippen LogP contribution is 2.31. The molecule has 0 saturated carbocycles. The van der Waals surface area contributed by atoms with Crippen LogP contribution in [0.5, 0.6) is 0 Å². The molecule has 0 bridgehead atoms. The van der Waals surface area contributed by atoms with Crippen LogP contribution in [-0.4, -0.2) is 63.1 Å². The van der Waals surface area contributed by atoms with E-state index in [1.165, 1.54) is 13.0 Å². The number of anilines is 1. The monoisotopic (exact) mass is 605 g/mol. The molecule has 0 fully saturated rings. The molecule has 3 unspecified atom stereocenters. The minimum Gasteiger partial charge on any atom is -0.370 e. The summed E-state index contributed by atoms with van der Waals surface area (Å²) in [6.45, 7) is 1.30. The number of carbonyl (C=O) groups is 3. The molecule has 176 valence electrons. The number of amides is 3. The van der Waals surface area contributed by atoms with Gasteiger partial charge in [-0.2, -0.15) is 18.6 Å². The summed E-state index contributed by atoms with van der Waals surface area (Å²) in [5.41, 5.74) is 4.41. The van der Waals surface area contributed by atoms with Gasteiger partial charge >= 0.3 is 0 Å². The van der Waals surface area contributed by atoms with Gasteiger partial charge < -0.3 is 16.2 Å². The Labute approximate surface area is 205 Å². The molecule has 1 aliphatic rings. The topological polar surface area (TPSA) is 192 Å². The van der Waals surface area contributed by atoms with Crippen molar-refractivity contribution < 1.29 is 32.5 Å². The molecular formula is C18H17Br2N5O7S. The van der Waals surface area contributed by atoms with Crippen LogP contribution in [0.4, 0.5) is 11.4 Å². The third-order valence-electron chi connectivity index (χ3n) is 4.42. The molecular weight excluding hydrogens is 590 g/mol. The van der Waals surface area contributed by atoms with Gasteiger partial charge in [-0.3, -0.25) is 18.9 Å². The van der Waals surface area contributed by atoms with Gasteiger partial charge in [-0.05, 0) is 30.7 Å². The number of aliphatic hydroxyl groups excluding tert-OH is 1. The van der Waals surface area contributed by atoms with Gasteiger partial charge in [-0.1, -0.05) is 38.3 Å². The van der Waals surface area contributed by atoms with Crippen molar-refractivity contribution in [1.82, 2.24) is 4.90 Å². The number of azo groups is 1. The fourth-order valence-corrected chi connectivity index (χ4v) is 3.82. The Morgan fingerprint density at radius 1 is 1.42 bits per heavy atom. The number of alkyl halides is 2. The van der Waals surface area contributed by atoms with E-state index in [1.807, 2.05) is 6.04 Å². The van der Waals surface area contributed by atoms with E-state index in [0.717, 1.165) is 12.1 Å². The van der Waals surface area contributed by atoms with Crippen molar-refractivity contribution >= 4 is 71.1 Å². The molecule has 1 heterocycles. The molecule has 3 amide bonds. The van der Waals surface area contributed by atoms with E-state index in [2.05, 4.69) is 47.4 Å². The maximum absolute atomic E-state index is 12.3. The number of nitrogens with one attached hydrogen (secondary N) is 1. The average Bonchev–Trinajstić information content (AvgIpc) is 2.72. The predicted molar refractivity (Wildman–Crippen MR) is 123 cm³/mol. The Bertz CT molecular complexity index is 1210. The molecule has 12 nitrogen and oxygen atoms in total. The molecule has 0 aromatic heterocycles. The minimum atomic E-state index is -4.76. The van der Waals surface area contributed by atoms with E-state index in [4.69, 9.17) is 12.2 Å². The second-order valence-corrected chi connectivity index (χ2v) is 9.71. The van der Waals surface area contributed by atoms with Gasteiger partial charge in [0.15, 0.2) is 6.23 Å². The van der Waals surface area contributed by atoms with Crippen LogP contribution < -0.4 is 11.1 Å². The molecule has 0 radical (unpaired) electrons. The van der Waals surface area contributed by atoms with Crippen LogP contribution in [0.3, 0.4) is 0 Å². The zero-order valence-electron chi connectivity index (χ0n) is 16.8. The predicted octanol–water partition coefficient (Wildman–Crippen LogP) is 1.04. The van der Waals surface area contributed by atoms with Crippen molar-refractivity contribution in [2.75, 3.05) is 10.6 Å². The quantitative estimate of drug-likeness (QED) is 0.117. The van der Waals surface area contributed by atoms with E-state index in [9.17, 15) is 32.5 Å². The van der Waals surface area contributed by atoms with Gasteiger partial charge in [-0.15, -0.1) is 0 Å². The number of hydrogen-bond donors (Lipinski definition) is 4. The lowest BCUT2D eigenvalue weighted by Crippen LogP contribution is -2.51.